The zero-order valence-electron chi connectivity index (χ0n) is 12.7. The Bertz CT molecular complexity index is 586. The minimum Gasteiger partial charge on any atom is -0.358 e. The molecule has 2 nitrogen and oxygen atoms in total. The summed E-state index contributed by atoms with van der Waals surface area (Å²) in [6.07, 6.45) is 6.04. The standard InChI is InChI=1S/C17H24N2.ClH/c1-4-6-12-7-5-8-14-15-11-13(19(2)3)9-10-16(15)18-17(12)14;/h5,7-8,13,18H,4,6,9-11H2,1-3H3;1H. The van der Waals surface area contributed by atoms with Gasteiger partial charge in [0.15, 0.2) is 0 Å². The molecule has 2 aromatic rings. The zero-order valence-corrected chi connectivity index (χ0v) is 13.5. The molecule has 0 spiro atoms. The van der Waals surface area contributed by atoms with E-state index in [0.29, 0.717) is 6.04 Å². The first-order valence-electron chi connectivity index (χ1n) is 7.48. The first kappa shape index (κ1) is 15.4. The topological polar surface area (TPSA) is 19.0 Å². The van der Waals surface area contributed by atoms with Gasteiger partial charge in [-0.25, -0.2) is 0 Å². The van der Waals surface area contributed by atoms with Gasteiger partial charge in [0.25, 0.3) is 0 Å². The lowest BCUT2D eigenvalue weighted by Crippen LogP contribution is -2.33. The van der Waals surface area contributed by atoms with E-state index in [1.807, 2.05) is 0 Å². The molecular formula is C17H25ClN2. The second-order valence-electron chi connectivity index (χ2n) is 6.03. The lowest BCUT2D eigenvalue weighted by molar-refractivity contribution is 0.268. The molecule has 0 bridgehead atoms. The van der Waals surface area contributed by atoms with Crippen molar-refractivity contribution in [1.82, 2.24) is 9.88 Å². The van der Waals surface area contributed by atoms with Gasteiger partial charge in [-0.2, -0.15) is 0 Å². The zero-order chi connectivity index (χ0) is 13.4. The van der Waals surface area contributed by atoms with Gasteiger partial charge >= 0.3 is 0 Å². The Morgan fingerprint density at radius 2 is 2.10 bits per heavy atom. The minimum absolute atomic E-state index is 0. The number of hydrogen-bond acceptors (Lipinski definition) is 1. The van der Waals surface area contributed by atoms with Crippen molar-refractivity contribution in [2.45, 2.75) is 45.1 Å². The Hall–Kier alpha value is -0.990. The molecule has 3 heteroatoms. The normalized spacial score (nSPS) is 18.1. The maximum absolute atomic E-state index is 3.71. The van der Waals surface area contributed by atoms with Crippen LogP contribution in [-0.4, -0.2) is 30.0 Å². The monoisotopic (exact) mass is 292 g/mol. The van der Waals surface area contributed by atoms with E-state index in [1.165, 1.54) is 54.3 Å². The number of aromatic nitrogens is 1. The van der Waals surface area contributed by atoms with Gasteiger partial charge in [0.05, 0.1) is 0 Å². The highest BCUT2D eigenvalue weighted by Crippen LogP contribution is 2.32. The fraction of sp³-hybridized carbons (Fsp3) is 0.529. The molecule has 110 valence electrons. The molecule has 1 N–H and O–H groups in total. The summed E-state index contributed by atoms with van der Waals surface area (Å²) < 4.78 is 0. The minimum atomic E-state index is 0. The van der Waals surface area contributed by atoms with E-state index < -0.39 is 0 Å². The SMILES string of the molecule is CCCc1cccc2c3c([nH]c12)CCC(N(C)C)C3.Cl. The Labute approximate surface area is 128 Å². The molecule has 1 aliphatic rings. The first-order valence-corrected chi connectivity index (χ1v) is 7.48. The number of halogens is 1. The second kappa shape index (κ2) is 6.19. The Morgan fingerprint density at radius 3 is 2.80 bits per heavy atom. The Balaban J connectivity index is 0.00000147. The summed E-state index contributed by atoms with van der Waals surface area (Å²) in [5.74, 6) is 0. The van der Waals surface area contributed by atoms with Crippen molar-refractivity contribution in [3.05, 3.63) is 35.0 Å². The van der Waals surface area contributed by atoms with Gasteiger partial charge in [0.2, 0.25) is 0 Å². The van der Waals surface area contributed by atoms with Crippen LogP contribution in [0.15, 0.2) is 18.2 Å². The summed E-state index contributed by atoms with van der Waals surface area (Å²) in [5.41, 5.74) is 5.93. The molecule has 20 heavy (non-hydrogen) atoms. The van der Waals surface area contributed by atoms with Gasteiger partial charge in [0.1, 0.15) is 0 Å². The summed E-state index contributed by atoms with van der Waals surface area (Å²) in [6, 6.07) is 7.49. The third-order valence-corrected chi connectivity index (χ3v) is 4.53. The Kier molecular flexibility index (Phi) is 4.77. The van der Waals surface area contributed by atoms with Crippen LogP contribution in [-0.2, 0) is 19.3 Å². The smallest absolute Gasteiger partial charge is 0.0491 e. The summed E-state index contributed by atoms with van der Waals surface area (Å²) in [4.78, 5) is 6.08. The van der Waals surface area contributed by atoms with Crippen LogP contribution in [0.5, 0.6) is 0 Å². The highest BCUT2D eigenvalue weighted by molar-refractivity contribution is 5.87. The summed E-state index contributed by atoms with van der Waals surface area (Å²) in [5, 5.41) is 1.47. The van der Waals surface area contributed by atoms with E-state index in [1.54, 1.807) is 5.56 Å². The van der Waals surface area contributed by atoms with Gasteiger partial charge in [-0.1, -0.05) is 31.5 Å². The van der Waals surface area contributed by atoms with Crippen LogP contribution in [0, 0.1) is 0 Å². The number of nitrogens with zero attached hydrogens (tertiary/aromatic N) is 1. The third-order valence-electron chi connectivity index (χ3n) is 4.53. The van der Waals surface area contributed by atoms with Crippen LogP contribution < -0.4 is 0 Å². The van der Waals surface area contributed by atoms with Crippen molar-refractivity contribution < 1.29 is 0 Å². The predicted octanol–water partition coefficient (Wildman–Crippen LogP) is 3.96. The van der Waals surface area contributed by atoms with Gasteiger partial charge < -0.3 is 9.88 Å². The van der Waals surface area contributed by atoms with E-state index in [-0.39, 0.29) is 12.4 Å². The number of para-hydroxylation sites is 1. The van der Waals surface area contributed by atoms with Crippen LogP contribution >= 0.6 is 12.4 Å². The van der Waals surface area contributed by atoms with Crippen molar-refractivity contribution in [2.75, 3.05) is 14.1 Å². The Morgan fingerprint density at radius 1 is 1.30 bits per heavy atom. The van der Waals surface area contributed by atoms with E-state index in [2.05, 4.69) is 49.1 Å². The molecule has 1 aromatic heterocycles. The van der Waals surface area contributed by atoms with Gasteiger partial charge in [0, 0.05) is 22.6 Å². The van der Waals surface area contributed by atoms with Crippen molar-refractivity contribution >= 4 is 23.3 Å². The molecule has 1 unspecified atom stereocenters. The largest absolute Gasteiger partial charge is 0.358 e. The molecular weight excluding hydrogens is 268 g/mol. The van der Waals surface area contributed by atoms with Crippen LogP contribution in [0.3, 0.4) is 0 Å². The van der Waals surface area contributed by atoms with Gasteiger partial charge in [-0.15, -0.1) is 12.4 Å². The van der Waals surface area contributed by atoms with Crippen LogP contribution in [0.4, 0.5) is 0 Å². The molecule has 1 aromatic carbocycles. The van der Waals surface area contributed by atoms with E-state index in [9.17, 15) is 0 Å². The van der Waals surface area contributed by atoms with E-state index >= 15 is 0 Å². The molecule has 1 aliphatic carbocycles. The molecule has 0 fully saturated rings. The molecule has 3 rings (SSSR count). The van der Waals surface area contributed by atoms with Crippen molar-refractivity contribution in [2.24, 2.45) is 0 Å². The van der Waals surface area contributed by atoms with E-state index in [0.717, 1.165) is 0 Å². The van der Waals surface area contributed by atoms with Gasteiger partial charge in [-0.3, -0.25) is 0 Å². The molecule has 0 saturated heterocycles. The van der Waals surface area contributed by atoms with Crippen molar-refractivity contribution in [3.8, 4) is 0 Å². The van der Waals surface area contributed by atoms with Gasteiger partial charge in [-0.05, 0) is 50.9 Å². The molecule has 1 heterocycles. The van der Waals surface area contributed by atoms with Crippen LogP contribution in [0.25, 0.3) is 10.9 Å². The highest BCUT2D eigenvalue weighted by atomic mass is 35.5. The number of nitrogens with one attached hydrogen (secondary N) is 1. The quantitative estimate of drug-likeness (QED) is 0.907. The highest BCUT2D eigenvalue weighted by Gasteiger charge is 2.24. The fourth-order valence-corrected chi connectivity index (χ4v) is 3.40. The summed E-state index contributed by atoms with van der Waals surface area (Å²) in [6.45, 7) is 2.25. The molecule has 0 aliphatic heterocycles. The molecule has 0 amide bonds. The molecule has 0 saturated carbocycles. The van der Waals surface area contributed by atoms with E-state index in [4.69, 9.17) is 0 Å². The average Bonchev–Trinajstić information content (AvgIpc) is 2.78. The predicted molar refractivity (Wildman–Crippen MR) is 89.0 cm³/mol. The average molecular weight is 293 g/mol. The van der Waals surface area contributed by atoms with Crippen molar-refractivity contribution in [1.29, 1.82) is 0 Å². The lowest BCUT2D eigenvalue weighted by Gasteiger charge is -2.28. The maximum atomic E-state index is 3.71. The van der Waals surface area contributed by atoms with Crippen LogP contribution in [0.1, 0.15) is 36.6 Å². The number of hydrogen-bond donors (Lipinski definition) is 1. The van der Waals surface area contributed by atoms with Crippen molar-refractivity contribution in [3.63, 3.8) is 0 Å². The molecule has 0 radical (unpaired) electrons. The number of aryl methyl sites for hydroxylation is 2. The first-order chi connectivity index (χ1) is 9.20. The lowest BCUT2D eigenvalue weighted by atomic mass is 9.90. The maximum Gasteiger partial charge on any atom is 0.0491 e. The summed E-state index contributed by atoms with van der Waals surface area (Å²) >= 11 is 0. The number of rotatable bonds is 3. The number of H-pyrrole nitrogens is 1. The number of likely N-dealkylation sites (N-methyl/N-ethyl adjacent to an activating group) is 1. The third kappa shape index (κ3) is 2.59. The second-order valence-corrected chi connectivity index (χ2v) is 6.03. The number of benzene rings is 1. The number of aromatic amines is 1. The molecule has 1 atom stereocenters. The number of fused-ring (bicyclic) bond motifs is 3. The van der Waals surface area contributed by atoms with Crippen LogP contribution in [0.2, 0.25) is 0 Å². The fourth-order valence-electron chi connectivity index (χ4n) is 3.40. The summed E-state index contributed by atoms with van der Waals surface area (Å²) in [7, 11) is 4.40.